The maximum atomic E-state index is 12.5. The number of amides is 2. The zero-order valence-corrected chi connectivity index (χ0v) is 16.9. The molecule has 0 aliphatic rings. The zero-order valence-electron chi connectivity index (χ0n) is 16.2. The standard InChI is InChI=1S/C20H22ClN3O5/c1-3-10-23(12-19(25)22-16-7-5-4-6-14(16)2)20(26)13-29-18-9-8-15(21)11-17(18)24(27)28/h4-9,11H,3,10,12-13H2,1-2H3,(H,22,25). The molecule has 0 radical (unpaired) electrons. The van der Waals surface area contributed by atoms with E-state index in [1.54, 1.807) is 6.07 Å². The molecule has 0 aliphatic carbocycles. The van der Waals surface area contributed by atoms with Gasteiger partial charge in [-0.3, -0.25) is 19.7 Å². The van der Waals surface area contributed by atoms with Crippen LogP contribution in [0.4, 0.5) is 11.4 Å². The Morgan fingerprint density at radius 3 is 2.62 bits per heavy atom. The maximum Gasteiger partial charge on any atom is 0.312 e. The van der Waals surface area contributed by atoms with Crippen molar-refractivity contribution in [2.24, 2.45) is 0 Å². The highest BCUT2D eigenvalue weighted by Gasteiger charge is 2.21. The van der Waals surface area contributed by atoms with Gasteiger partial charge in [0.05, 0.1) is 11.5 Å². The molecule has 29 heavy (non-hydrogen) atoms. The Hall–Kier alpha value is -3.13. The second-order valence-corrected chi connectivity index (χ2v) is 6.77. The van der Waals surface area contributed by atoms with Crippen molar-refractivity contribution in [1.29, 1.82) is 0 Å². The van der Waals surface area contributed by atoms with Crippen LogP contribution in [0.3, 0.4) is 0 Å². The van der Waals surface area contributed by atoms with Gasteiger partial charge in [0.2, 0.25) is 5.91 Å². The van der Waals surface area contributed by atoms with Crippen molar-refractivity contribution in [2.75, 3.05) is 25.0 Å². The fourth-order valence-corrected chi connectivity index (χ4v) is 2.79. The number of hydrogen-bond donors (Lipinski definition) is 1. The van der Waals surface area contributed by atoms with E-state index in [9.17, 15) is 19.7 Å². The number of rotatable bonds is 9. The van der Waals surface area contributed by atoms with Gasteiger partial charge in [-0.1, -0.05) is 36.7 Å². The number of para-hydroxylation sites is 1. The number of nitrogens with one attached hydrogen (secondary N) is 1. The first-order chi connectivity index (χ1) is 13.8. The van der Waals surface area contributed by atoms with E-state index in [4.69, 9.17) is 16.3 Å². The highest BCUT2D eigenvalue weighted by molar-refractivity contribution is 6.30. The number of hydrogen-bond acceptors (Lipinski definition) is 5. The van der Waals surface area contributed by atoms with Crippen molar-refractivity contribution in [2.45, 2.75) is 20.3 Å². The number of aryl methyl sites for hydroxylation is 1. The second-order valence-electron chi connectivity index (χ2n) is 6.34. The van der Waals surface area contributed by atoms with Gasteiger partial charge < -0.3 is 15.0 Å². The van der Waals surface area contributed by atoms with Gasteiger partial charge in [0.25, 0.3) is 5.91 Å². The van der Waals surface area contributed by atoms with Crippen LogP contribution in [0.25, 0.3) is 0 Å². The first kappa shape index (κ1) is 22.2. The van der Waals surface area contributed by atoms with Gasteiger partial charge in [0, 0.05) is 23.3 Å². The molecule has 8 nitrogen and oxygen atoms in total. The minimum absolute atomic E-state index is 0.0615. The van der Waals surface area contributed by atoms with Crippen LogP contribution >= 0.6 is 11.6 Å². The Labute approximate surface area is 173 Å². The SMILES string of the molecule is CCCN(CC(=O)Nc1ccccc1C)C(=O)COc1ccc(Cl)cc1[N+](=O)[O-]. The molecule has 9 heteroatoms. The summed E-state index contributed by atoms with van der Waals surface area (Å²) in [6.07, 6.45) is 0.643. The smallest absolute Gasteiger partial charge is 0.312 e. The van der Waals surface area contributed by atoms with Crippen molar-refractivity contribution >= 4 is 34.8 Å². The van der Waals surface area contributed by atoms with E-state index in [2.05, 4.69) is 5.32 Å². The van der Waals surface area contributed by atoms with E-state index >= 15 is 0 Å². The second kappa shape index (κ2) is 10.4. The first-order valence-electron chi connectivity index (χ1n) is 9.01. The van der Waals surface area contributed by atoms with Crippen LogP contribution in [0.1, 0.15) is 18.9 Å². The van der Waals surface area contributed by atoms with Gasteiger partial charge in [-0.25, -0.2) is 0 Å². The van der Waals surface area contributed by atoms with Gasteiger partial charge >= 0.3 is 5.69 Å². The molecule has 2 rings (SSSR count). The van der Waals surface area contributed by atoms with E-state index < -0.39 is 17.4 Å². The summed E-state index contributed by atoms with van der Waals surface area (Å²) in [6.45, 7) is 3.53. The molecule has 0 saturated carbocycles. The predicted octanol–water partition coefficient (Wildman–Crippen LogP) is 3.81. The van der Waals surface area contributed by atoms with Gasteiger partial charge in [-0.15, -0.1) is 0 Å². The number of halogens is 1. The average Bonchev–Trinajstić information content (AvgIpc) is 2.68. The van der Waals surface area contributed by atoms with E-state index in [1.165, 1.54) is 17.0 Å². The topological polar surface area (TPSA) is 102 Å². The number of carbonyl (C=O) groups excluding carboxylic acids is 2. The van der Waals surface area contributed by atoms with Crippen molar-refractivity contribution in [1.82, 2.24) is 4.90 Å². The predicted molar refractivity (Wildman–Crippen MR) is 110 cm³/mol. The van der Waals surface area contributed by atoms with E-state index in [0.29, 0.717) is 18.7 Å². The number of carbonyl (C=O) groups is 2. The summed E-state index contributed by atoms with van der Waals surface area (Å²) in [5.74, 6) is -0.844. The fourth-order valence-electron chi connectivity index (χ4n) is 2.62. The monoisotopic (exact) mass is 419 g/mol. The lowest BCUT2D eigenvalue weighted by atomic mass is 10.2. The van der Waals surface area contributed by atoms with E-state index in [0.717, 1.165) is 11.6 Å². The molecule has 0 aromatic heterocycles. The minimum Gasteiger partial charge on any atom is -0.477 e. The number of nitrogens with zero attached hydrogens (tertiary/aromatic N) is 2. The van der Waals surface area contributed by atoms with Crippen LogP contribution in [-0.2, 0) is 9.59 Å². The third-order valence-corrected chi connectivity index (χ3v) is 4.30. The average molecular weight is 420 g/mol. The summed E-state index contributed by atoms with van der Waals surface area (Å²) in [4.78, 5) is 36.7. The fraction of sp³-hybridized carbons (Fsp3) is 0.300. The summed E-state index contributed by atoms with van der Waals surface area (Å²) < 4.78 is 5.34. The summed E-state index contributed by atoms with van der Waals surface area (Å²) >= 11 is 5.77. The Kier molecular flexibility index (Phi) is 7.97. The van der Waals surface area contributed by atoms with Gasteiger partial charge in [-0.2, -0.15) is 0 Å². The molecule has 0 saturated heterocycles. The van der Waals surface area contributed by atoms with Crippen LogP contribution in [0.2, 0.25) is 5.02 Å². The molecule has 2 amide bonds. The normalized spacial score (nSPS) is 10.3. The first-order valence-corrected chi connectivity index (χ1v) is 9.39. The van der Waals surface area contributed by atoms with Gasteiger partial charge in [0.15, 0.2) is 12.4 Å². The van der Waals surface area contributed by atoms with Crippen LogP contribution in [0.15, 0.2) is 42.5 Å². The molecule has 0 fully saturated rings. The quantitative estimate of drug-likeness (QED) is 0.491. The van der Waals surface area contributed by atoms with Crippen LogP contribution in [0, 0.1) is 17.0 Å². The Balaban J connectivity index is 2.01. The van der Waals surface area contributed by atoms with Crippen LogP contribution in [-0.4, -0.2) is 41.3 Å². The molecule has 0 aliphatic heterocycles. The summed E-state index contributed by atoms with van der Waals surface area (Å²) in [7, 11) is 0. The Morgan fingerprint density at radius 1 is 1.24 bits per heavy atom. The third kappa shape index (κ3) is 6.46. The Morgan fingerprint density at radius 2 is 1.97 bits per heavy atom. The lowest BCUT2D eigenvalue weighted by Gasteiger charge is -2.22. The van der Waals surface area contributed by atoms with Crippen LogP contribution < -0.4 is 10.1 Å². The largest absolute Gasteiger partial charge is 0.477 e. The lowest BCUT2D eigenvalue weighted by molar-refractivity contribution is -0.385. The highest BCUT2D eigenvalue weighted by atomic mass is 35.5. The number of anilines is 1. The van der Waals surface area contributed by atoms with Crippen LogP contribution in [0.5, 0.6) is 5.75 Å². The minimum atomic E-state index is -0.634. The number of benzene rings is 2. The van der Waals surface area contributed by atoms with Crippen molar-refractivity contribution in [3.8, 4) is 5.75 Å². The molecule has 0 atom stereocenters. The lowest BCUT2D eigenvalue weighted by Crippen LogP contribution is -2.41. The van der Waals surface area contributed by atoms with Crippen molar-refractivity contribution < 1.29 is 19.2 Å². The molecule has 0 heterocycles. The molecule has 154 valence electrons. The number of nitro groups is 1. The summed E-state index contributed by atoms with van der Waals surface area (Å²) in [5.41, 5.74) is 1.26. The molecular formula is C20H22ClN3O5. The van der Waals surface area contributed by atoms with Gasteiger partial charge in [-0.05, 0) is 37.1 Å². The molecule has 0 spiro atoms. The van der Waals surface area contributed by atoms with Crippen molar-refractivity contribution in [3.05, 3.63) is 63.2 Å². The summed E-state index contributed by atoms with van der Waals surface area (Å²) in [5, 5.41) is 14.1. The molecule has 0 unspecified atom stereocenters. The maximum absolute atomic E-state index is 12.5. The Bertz CT molecular complexity index is 903. The highest BCUT2D eigenvalue weighted by Crippen LogP contribution is 2.29. The number of ether oxygens (including phenoxy) is 1. The molecule has 0 bridgehead atoms. The molecule has 2 aromatic carbocycles. The van der Waals surface area contributed by atoms with E-state index in [1.807, 2.05) is 32.0 Å². The molecule has 1 N–H and O–H groups in total. The summed E-state index contributed by atoms with van der Waals surface area (Å²) in [6, 6.07) is 11.3. The molecular weight excluding hydrogens is 398 g/mol. The van der Waals surface area contributed by atoms with E-state index in [-0.39, 0.29) is 28.9 Å². The third-order valence-electron chi connectivity index (χ3n) is 4.07. The zero-order chi connectivity index (χ0) is 21.4. The van der Waals surface area contributed by atoms with Gasteiger partial charge in [0.1, 0.15) is 0 Å². The van der Waals surface area contributed by atoms with Crippen molar-refractivity contribution in [3.63, 3.8) is 0 Å². The number of nitro benzene ring substituents is 1. The molecule has 2 aromatic rings.